The average molecular weight is 557 g/mol. The molecule has 0 saturated heterocycles. The zero-order valence-corrected chi connectivity index (χ0v) is 21.6. The average Bonchev–Trinajstić information content (AvgIpc) is 3.45. The predicted molar refractivity (Wildman–Crippen MR) is 140 cm³/mol. The first-order valence-electron chi connectivity index (χ1n) is 10.4. The summed E-state index contributed by atoms with van der Waals surface area (Å²) >= 11 is 6.13. The van der Waals surface area contributed by atoms with Crippen LogP contribution in [0.3, 0.4) is 0 Å². The Kier molecular flexibility index (Phi) is 8.15. The zero-order valence-electron chi connectivity index (χ0n) is 18.4. The van der Waals surface area contributed by atoms with Crippen molar-refractivity contribution in [3.05, 3.63) is 82.4 Å². The maximum atomic E-state index is 12.5. The molecule has 4 rings (SSSR count). The Morgan fingerprint density at radius 3 is 2.71 bits per heavy atom. The Hall–Kier alpha value is -2.95. The van der Waals surface area contributed by atoms with Crippen LogP contribution in [0.4, 0.5) is 5.13 Å². The number of nitrogens with one attached hydrogen (secondary N) is 1. The number of ether oxygens (including phenoxy) is 1. The molecular weight excluding hydrogens is 534 g/mol. The minimum atomic E-state index is -0.160. The number of hydrogen-bond acceptors (Lipinski definition) is 7. The van der Waals surface area contributed by atoms with E-state index in [0.717, 1.165) is 21.5 Å². The van der Waals surface area contributed by atoms with Crippen LogP contribution >= 0.6 is 39.0 Å². The topological polar surface area (TPSA) is 81.9 Å². The van der Waals surface area contributed by atoms with Gasteiger partial charge >= 0.3 is 0 Å². The van der Waals surface area contributed by atoms with Crippen LogP contribution in [0.25, 0.3) is 11.3 Å². The van der Waals surface area contributed by atoms with Crippen LogP contribution in [0.1, 0.15) is 11.4 Å². The molecule has 2 aromatic carbocycles. The molecule has 0 unspecified atom stereocenters. The molecular formula is C24H22BrN5O2S2. The standard InChI is InChI=1S/C24H22BrN5O2S2/c1-3-12-30-21(13-32-19-10-4-16(2)5-11-19)28-29-24(30)34-15-22(31)27-23-26-20(14-33-23)17-6-8-18(25)9-7-17/h3-11,14H,1,12-13,15H2,2H3,(H,26,27,31). The number of amides is 1. The lowest BCUT2D eigenvalue weighted by atomic mass is 10.2. The van der Waals surface area contributed by atoms with Gasteiger partial charge in [-0.2, -0.15) is 0 Å². The van der Waals surface area contributed by atoms with Gasteiger partial charge in [0, 0.05) is 22.0 Å². The van der Waals surface area contributed by atoms with Gasteiger partial charge in [0.05, 0.1) is 11.4 Å². The molecule has 0 aliphatic heterocycles. The highest BCUT2D eigenvalue weighted by molar-refractivity contribution is 9.10. The van der Waals surface area contributed by atoms with Crippen molar-refractivity contribution in [2.24, 2.45) is 0 Å². The fraction of sp³-hybridized carbons (Fsp3) is 0.167. The second-order valence-electron chi connectivity index (χ2n) is 7.28. The number of aromatic nitrogens is 4. The van der Waals surface area contributed by atoms with Crippen molar-refractivity contribution in [2.75, 3.05) is 11.1 Å². The van der Waals surface area contributed by atoms with Crippen LogP contribution in [0.2, 0.25) is 0 Å². The molecule has 34 heavy (non-hydrogen) atoms. The van der Waals surface area contributed by atoms with E-state index in [2.05, 4.69) is 43.0 Å². The van der Waals surface area contributed by atoms with Crippen LogP contribution in [0, 0.1) is 6.92 Å². The second kappa shape index (κ2) is 11.5. The van der Waals surface area contributed by atoms with Gasteiger partial charge in [-0.3, -0.25) is 9.36 Å². The van der Waals surface area contributed by atoms with Gasteiger partial charge in [-0.25, -0.2) is 4.98 Å². The number of allylic oxidation sites excluding steroid dienone is 1. The number of benzene rings is 2. The van der Waals surface area contributed by atoms with Gasteiger partial charge in [0.15, 0.2) is 16.1 Å². The molecule has 174 valence electrons. The monoisotopic (exact) mass is 555 g/mol. The van der Waals surface area contributed by atoms with Gasteiger partial charge in [0.1, 0.15) is 12.4 Å². The number of carbonyl (C=O) groups is 1. The van der Waals surface area contributed by atoms with Crippen LogP contribution in [-0.4, -0.2) is 31.4 Å². The maximum Gasteiger partial charge on any atom is 0.236 e. The molecule has 4 aromatic rings. The maximum absolute atomic E-state index is 12.5. The first-order chi connectivity index (χ1) is 16.5. The SMILES string of the molecule is C=CCn1c(COc2ccc(C)cc2)nnc1SCC(=O)Nc1nc(-c2ccc(Br)cc2)cs1. The molecule has 10 heteroatoms. The number of thioether (sulfide) groups is 1. The highest BCUT2D eigenvalue weighted by Crippen LogP contribution is 2.26. The Morgan fingerprint density at radius 2 is 1.97 bits per heavy atom. The number of thiazole rings is 1. The molecule has 1 N–H and O–H groups in total. The van der Waals surface area contributed by atoms with Crippen LogP contribution in [0.5, 0.6) is 5.75 Å². The summed E-state index contributed by atoms with van der Waals surface area (Å²) in [6.07, 6.45) is 1.77. The van der Waals surface area contributed by atoms with E-state index in [1.165, 1.54) is 28.7 Å². The number of carbonyl (C=O) groups excluding carboxylic acids is 1. The largest absolute Gasteiger partial charge is 0.486 e. The number of nitrogens with zero attached hydrogens (tertiary/aromatic N) is 4. The van der Waals surface area contributed by atoms with Crippen LogP contribution in [-0.2, 0) is 17.9 Å². The molecule has 0 saturated carbocycles. The lowest BCUT2D eigenvalue weighted by Gasteiger charge is -2.09. The summed E-state index contributed by atoms with van der Waals surface area (Å²) in [6, 6.07) is 15.7. The van der Waals surface area contributed by atoms with E-state index in [1.807, 2.05) is 65.4 Å². The number of halogens is 1. The van der Waals surface area contributed by atoms with E-state index in [-0.39, 0.29) is 18.3 Å². The third-order valence-electron chi connectivity index (χ3n) is 4.72. The first-order valence-corrected chi connectivity index (χ1v) is 13.0. The Labute approximate surface area is 214 Å². The summed E-state index contributed by atoms with van der Waals surface area (Å²) in [5.74, 6) is 1.45. The fourth-order valence-corrected chi connectivity index (χ4v) is 4.76. The van der Waals surface area contributed by atoms with E-state index in [0.29, 0.717) is 22.7 Å². The van der Waals surface area contributed by atoms with Crippen molar-refractivity contribution in [2.45, 2.75) is 25.2 Å². The van der Waals surface area contributed by atoms with Crippen LogP contribution in [0.15, 0.2) is 76.2 Å². The number of rotatable bonds is 10. The summed E-state index contributed by atoms with van der Waals surface area (Å²) < 4.78 is 8.74. The van der Waals surface area contributed by atoms with E-state index >= 15 is 0 Å². The van der Waals surface area contributed by atoms with Gasteiger partial charge in [-0.05, 0) is 31.2 Å². The summed E-state index contributed by atoms with van der Waals surface area (Å²) in [6.45, 7) is 6.63. The summed E-state index contributed by atoms with van der Waals surface area (Å²) in [7, 11) is 0. The fourth-order valence-electron chi connectivity index (χ4n) is 3.00. The van der Waals surface area contributed by atoms with Crippen molar-refractivity contribution >= 4 is 50.1 Å². The Bertz CT molecular complexity index is 1270. The predicted octanol–water partition coefficient (Wildman–Crippen LogP) is 5.97. The van der Waals surface area contributed by atoms with E-state index in [9.17, 15) is 4.79 Å². The van der Waals surface area contributed by atoms with Gasteiger partial charge in [-0.15, -0.1) is 28.1 Å². The van der Waals surface area contributed by atoms with Crippen molar-refractivity contribution in [1.29, 1.82) is 0 Å². The molecule has 2 heterocycles. The lowest BCUT2D eigenvalue weighted by molar-refractivity contribution is -0.113. The molecule has 0 atom stereocenters. The molecule has 1 amide bonds. The van der Waals surface area contributed by atoms with E-state index in [1.54, 1.807) is 6.08 Å². The highest BCUT2D eigenvalue weighted by atomic mass is 79.9. The molecule has 0 spiro atoms. The van der Waals surface area contributed by atoms with Gasteiger partial charge in [-0.1, -0.05) is 63.6 Å². The molecule has 0 radical (unpaired) electrons. The summed E-state index contributed by atoms with van der Waals surface area (Å²) in [5.41, 5.74) is 2.98. The number of aryl methyl sites for hydroxylation is 1. The quantitative estimate of drug-likeness (QED) is 0.192. The molecule has 7 nitrogen and oxygen atoms in total. The Balaban J connectivity index is 1.34. The minimum absolute atomic E-state index is 0.160. The summed E-state index contributed by atoms with van der Waals surface area (Å²) in [4.78, 5) is 17.0. The van der Waals surface area contributed by atoms with Crippen LogP contribution < -0.4 is 10.1 Å². The van der Waals surface area contributed by atoms with Gasteiger partial charge in [0.2, 0.25) is 5.91 Å². The van der Waals surface area contributed by atoms with E-state index < -0.39 is 0 Å². The minimum Gasteiger partial charge on any atom is -0.486 e. The molecule has 2 aromatic heterocycles. The summed E-state index contributed by atoms with van der Waals surface area (Å²) in [5, 5.41) is 14.5. The number of hydrogen-bond donors (Lipinski definition) is 1. The molecule has 0 fully saturated rings. The number of anilines is 1. The third kappa shape index (κ3) is 6.34. The van der Waals surface area contributed by atoms with Gasteiger partial charge in [0.25, 0.3) is 0 Å². The van der Waals surface area contributed by atoms with Gasteiger partial charge < -0.3 is 10.1 Å². The highest BCUT2D eigenvalue weighted by Gasteiger charge is 2.15. The zero-order chi connectivity index (χ0) is 23.9. The molecule has 0 bridgehead atoms. The van der Waals surface area contributed by atoms with E-state index in [4.69, 9.17) is 4.74 Å². The van der Waals surface area contributed by atoms with Crippen molar-refractivity contribution in [1.82, 2.24) is 19.7 Å². The lowest BCUT2D eigenvalue weighted by Crippen LogP contribution is -2.15. The smallest absolute Gasteiger partial charge is 0.236 e. The van der Waals surface area contributed by atoms with Crippen molar-refractivity contribution < 1.29 is 9.53 Å². The Morgan fingerprint density at radius 1 is 1.21 bits per heavy atom. The van der Waals surface area contributed by atoms with Crippen molar-refractivity contribution in [3.63, 3.8) is 0 Å². The first kappa shape index (κ1) is 24.2. The second-order valence-corrected chi connectivity index (χ2v) is 10.00. The molecule has 0 aliphatic carbocycles. The normalized spacial score (nSPS) is 10.8. The third-order valence-corrected chi connectivity index (χ3v) is 6.97. The van der Waals surface area contributed by atoms with Crippen molar-refractivity contribution in [3.8, 4) is 17.0 Å². The molecule has 0 aliphatic rings.